The van der Waals surface area contributed by atoms with Gasteiger partial charge < -0.3 is 5.32 Å². The molecule has 0 bridgehead atoms. The minimum Gasteiger partial charge on any atom is -0.311 e. The van der Waals surface area contributed by atoms with Crippen molar-refractivity contribution in [1.82, 2.24) is 9.78 Å². The summed E-state index contributed by atoms with van der Waals surface area (Å²) in [6.07, 6.45) is 2.24. The second-order valence-corrected chi connectivity index (χ2v) is 4.40. The van der Waals surface area contributed by atoms with Crippen molar-refractivity contribution in [3.63, 3.8) is 0 Å². The van der Waals surface area contributed by atoms with Crippen LogP contribution in [0.2, 0.25) is 0 Å². The molecule has 1 heterocycles. The molecule has 0 aliphatic heterocycles. The highest BCUT2D eigenvalue weighted by Crippen LogP contribution is 2.13. The normalized spacial score (nSPS) is 11.1. The van der Waals surface area contributed by atoms with Gasteiger partial charge in [0.15, 0.2) is 0 Å². The summed E-state index contributed by atoms with van der Waals surface area (Å²) in [7, 11) is 0. The summed E-state index contributed by atoms with van der Waals surface area (Å²) in [5.74, 6) is 1.20. The lowest BCUT2D eigenvalue weighted by Crippen LogP contribution is -2.17. The highest BCUT2D eigenvalue weighted by molar-refractivity contribution is 5.89. The van der Waals surface area contributed by atoms with Crippen molar-refractivity contribution in [1.29, 1.82) is 0 Å². The smallest absolute Gasteiger partial charge is 0.225 e. The summed E-state index contributed by atoms with van der Waals surface area (Å²) in [5.41, 5.74) is 0. The first-order chi connectivity index (χ1) is 7.00. The summed E-state index contributed by atoms with van der Waals surface area (Å²) in [5, 5.41) is 7.01. The van der Waals surface area contributed by atoms with E-state index in [1.807, 2.05) is 33.8 Å². The van der Waals surface area contributed by atoms with Crippen LogP contribution in [0.25, 0.3) is 0 Å². The summed E-state index contributed by atoms with van der Waals surface area (Å²) in [4.78, 5) is 11.5. The van der Waals surface area contributed by atoms with E-state index in [9.17, 15) is 4.79 Å². The number of anilines is 1. The topological polar surface area (TPSA) is 46.9 Å². The Morgan fingerprint density at radius 3 is 2.67 bits per heavy atom. The molecule has 0 fully saturated rings. The van der Waals surface area contributed by atoms with Crippen molar-refractivity contribution in [2.24, 2.45) is 5.92 Å². The zero-order valence-electron chi connectivity index (χ0n) is 9.82. The molecule has 0 saturated heterocycles. The minimum atomic E-state index is 0.0485. The average Bonchev–Trinajstić information content (AvgIpc) is 2.50. The summed E-state index contributed by atoms with van der Waals surface area (Å²) < 4.78 is 1.80. The van der Waals surface area contributed by atoms with Crippen molar-refractivity contribution in [3.05, 3.63) is 12.3 Å². The molecular weight excluding hydrogens is 190 g/mol. The van der Waals surface area contributed by atoms with Crippen molar-refractivity contribution in [3.8, 4) is 0 Å². The van der Waals surface area contributed by atoms with E-state index in [1.54, 1.807) is 10.9 Å². The van der Waals surface area contributed by atoms with Crippen LogP contribution in [-0.2, 0) is 4.79 Å². The Bertz CT molecular complexity index is 328. The second-order valence-electron chi connectivity index (χ2n) is 4.40. The first-order valence-electron chi connectivity index (χ1n) is 5.34. The Labute approximate surface area is 90.7 Å². The van der Waals surface area contributed by atoms with Crippen LogP contribution in [0.4, 0.5) is 5.82 Å². The predicted octanol–water partition coefficient (Wildman–Crippen LogP) is 2.45. The lowest BCUT2D eigenvalue weighted by atomic mass is 10.1. The first kappa shape index (κ1) is 11.8. The monoisotopic (exact) mass is 209 g/mol. The van der Waals surface area contributed by atoms with Gasteiger partial charge in [-0.05, 0) is 19.8 Å². The molecule has 0 aliphatic rings. The lowest BCUT2D eigenvalue weighted by molar-refractivity contribution is -0.116. The van der Waals surface area contributed by atoms with Gasteiger partial charge in [-0.15, -0.1) is 0 Å². The van der Waals surface area contributed by atoms with Gasteiger partial charge in [0, 0.05) is 18.5 Å². The van der Waals surface area contributed by atoms with Crippen LogP contribution < -0.4 is 5.32 Å². The number of amides is 1. The molecular formula is C11H19N3O. The van der Waals surface area contributed by atoms with Crippen LogP contribution >= 0.6 is 0 Å². The van der Waals surface area contributed by atoms with E-state index in [0.717, 1.165) is 5.82 Å². The maximum Gasteiger partial charge on any atom is 0.225 e. The molecule has 4 heteroatoms. The Kier molecular flexibility index (Phi) is 3.88. The van der Waals surface area contributed by atoms with Crippen LogP contribution in [0.3, 0.4) is 0 Å². The fraction of sp³-hybridized carbons (Fsp3) is 0.636. The van der Waals surface area contributed by atoms with Gasteiger partial charge in [-0.3, -0.25) is 4.79 Å². The Morgan fingerprint density at radius 2 is 2.13 bits per heavy atom. The maximum atomic E-state index is 11.5. The van der Waals surface area contributed by atoms with E-state index in [2.05, 4.69) is 10.4 Å². The highest BCUT2D eigenvalue weighted by Gasteiger charge is 2.10. The predicted molar refractivity (Wildman–Crippen MR) is 60.7 cm³/mol. The molecule has 84 valence electrons. The third-order valence-corrected chi connectivity index (χ3v) is 2.02. The van der Waals surface area contributed by atoms with Gasteiger partial charge in [-0.2, -0.15) is 5.10 Å². The van der Waals surface area contributed by atoms with Crippen molar-refractivity contribution in [2.45, 2.75) is 40.2 Å². The zero-order valence-corrected chi connectivity index (χ0v) is 9.82. The number of aromatic nitrogens is 2. The number of rotatable bonds is 4. The minimum absolute atomic E-state index is 0.0485. The van der Waals surface area contributed by atoms with Crippen molar-refractivity contribution < 1.29 is 4.79 Å². The maximum absolute atomic E-state index is 11.5. The van der Waals surface area contributed by atoms with Gasteiger partial charge in [0.2, 0.25) is 5.91 Å². The number of carbonyl (C=O) groups excluding carboxylic acids is 1. The van der Waals surface area contributed by atoms with Crippen molar-refractivity contribution >= 4 is 11.7 Å². The van der Waals surface area contributed by atoms with E-state index in [1.165, 1.54) is 0 Å². The molecule has 1 aromatic rings. The molecule has 15 heavy (non-hydrogen) atoms. The molecule has 0 saturated carbocycles. The summed E-state index contributed by atoms with van der Waals surface area (Å²) >= 11 is 0. The average molecular weight is 209 g/mol. The number of nitrogens with zero attached hydrogens (tertiary/aromatic N) is 2. The van der Waals surface area contributed by atoms with Crippen LogP contribution in [0.1, 0.15) is 40.2 Å². The van der Waals surface area contributed by atoms with Crippen LogP contribution in [0, 0.1) is 5.92 Å². The van der Waals surface area contributed by atoms with E-state index in [-0.39, 0.29) is 11.9 Å². The lowest BCUT2D eigenvalue weighted by Gasteiger charge is -2.12. The largest absolute Gasteiger partial charge is 0.311 e. The van der Waals surface area contributed by atoms with E-state index >= 15 is 0 Å². The Balaban J connectivity index is 2.64. The zero-order chi connectivity index (χ0) is 11.4. The third kappa shape index (κ3) is 3.38. The fourth-order valence-corrected chi connectivity index (χ4v) is 1.39. The van der Waals surface area contributed by atoms with Gasteiger partial charge >= 0.3 is 0 Å². The quantitative estimate of drug-likeness (QED) is 0.828. The van der Waals surface area contributed by atoms with Crippen molar-refractivity contribution in [2.75, 3.05) is 5.32 Å². The molecule has 1 aromatic heterocycles. The van der Waals surface area contributed by atoms with Gasteiger partial charge in [0.25, 0.3) is 0 Å². The van der Waals surface area contributed by atoms with Gasteiger partial charge in [0.1, 0.15) is 5.82 Å². The highest BCUT2D eigenvalue weighted by atomic mass is 16.1. The molecule has 0 unspecified atom stereocenters. The molecule has 0 atom stereocenters. The number of hydrogen-bond acceptors (Lipinski definition) is 2. The summed E-state index contributed by atoms with van der Waals surface area (Å²) in [6.45, 7) is 8.12. The van der Waals surface area contributed by atoms with Crippen LogP contribution in [0.15, 0.2) is 12.3 Å². The van der Waals surface area contributed by atoms with Crippen LogP contribution in [0.5, 0.6) is 0 Å². The molecule has 1 rings (SSSR count). The molecule has 4 nitrogen and oxygen atoms in total. The van der Waals surface area contributed by atoms with E-state index in [4.69, 9.17) is 0 Å². The van der Waals surface area contributed by atoms with E-state index in [0.29, 0.717) is 12.3 Å². The number of nitrogens with one attached hydrogen (secondary N) is 1. The second kappa shape index (κ2) is 4.96. The number of carbonyl (C=O) groups is 1. The molecule has 0 radical (unpaired) electrons. The fourth-order valence-electron chi connectivity index (χ4n) is 1.39. The third-order valence-electron chi connectivity index (χ3n) is 2.02. The molecule has 1 N–H and O–H groups in total. The molecule has 1 amide bonds. The van der Waals surface area contributed by atoms with Gasteiger partial charge in [0.05, 0.1) is 6.20 Å². The standard InChI is InChI=1S/C11H19N3O/c1-8(2)7-11(15)13-10-5-6-12-14(10)9(3)4/h5-6,8-9H,7H2,1-4H3,(H,13,15). The first-order valence-corrected chi connectivity index (χ1v) is 5.34. The van der Waals surface area contributed by atoms with E-state index < -0.39 is 0 Å². The van der Waals surface area contributed by atoms with Gasteiger partial charge in [-0.1, -0.05) is 13.8 Å². The molecule has 0 spiro atoms. The summed E-state index contributed by atoms with van der Waals surface area (Å²) in [6, 6.07) is 2.08. The van der Waals surface area contributed by atoms with Crippen LogP contribution in [-0.4, -0.2) is 15.7 Å². The Hall–Kier alpha value is -1.32. The Morgan fingerprint density at radius 1 is 1.47 bits per heavy atom. The molecule has 0 aliphatic carbocycles. The SMILES string of the molecule is CC(C)CC(=O)Nc1ccnn1C(C)C. The number of hydrogen-bond donors (Lipinski definition) is 1. The van der Waals surface area contributed by atoms with Gasteiger partial charge in [-0.25, -0.2) is 4.68 Å². The molecule has 0 aromatic carbocycles.